The summed E-state index contributed by atoms with van der Waals surface area (Å²) in [7, 11) is 2.20. The van der Waals surface area contributed by atoms with Gasteiger partial charge in [0.05, 0.1) is 19.3 Å². The Morgan fingerprint density at radius 3 is 3.09 bits per heavy atom. The molecule has 3 rings (SSSR count). The molecule has 2 aliphatic heterocycles. The third-order valence-electron chi connectivity index (χ3n) is 4.99. The second kappa shape index (κ2) is 7.64. The summed E-state index contributed by atoms with van der Waals surface area (Å²) in [6.07, 6.45) is 2.37. The molecule has 2 saturated heterocycles. The van der Waals surface area contributed by atoms with Gasteiger partial charge in [0.25, 0.3) is 0 Å². The van der Waals surface area contributed by atoms with Crippen LogP contribution in [0.3, 0.4) is 0 Å². The summed E-state index contributed by atoms with van der Waals surface area (Å²) in [5.41, 5.74) is 0. The molecule has 0 saturated carbocycles. The number of urea groups is 1. The summed E-state index contributed by atoms with van der Waals surface area (Å²) in [4.78, 5) is 18.2. The summed E-state index contributed by atoms with van der Waals surface area (Å²) < 4.78 is 5.41. The van der Waals surface area contributed by atoms with Crippen molar-refractivity contribution in [2.75, 3.05) is 39.9 Å². The largest absolute Gasteiger partial charge is 0.377 e. The average Bonchev–Trinajstić information content (AvgIpc) is 3.07. The van der Waals surface area contributed by atoms with Crippen molar-refractivity contribution in [3.05, 3.63) is 22.4 Å². The van der Waals surface area contributed by atoms with Crippen LogP contribution in [0.2, 0.25) is 0 Å². The number of hydrogen-bond donors (Lipinski definition) is 1. The molecule has 3 heterocycles. The maximum Gasteiger partial charge on any atom is 0.317 e. The molecule has 1 aromatic heterocycles. The zero-order chi connectivity index (χ0) is 16.2. The van der Waals surface area contributed by atoms with Crippen LogP contribution in [0.25, 0.3) is 0 Å². The Balaban J connectivity index is 1.60. The number of likely N-dealkylation sites (tertiary alicyclic amines) is 1. The van der Waals surface area contributed by atoms with Gasteiger partial charge in [0.15, 0.2) is 0 Å². The lowest BCUT2D eigenvalue weighted by molar-refractivity contribution is 0.0183. The number of amides is 2. The topological polar surface area (TPSA) is 44.8 Å². The summed E-state index contributed by atoms with van der Waals surface area (Å²) in [6, 6.07) is 4.97. The van der Waals surface area contributed by atoms with Crippen LogP contribution in [0.1, 0.15) is 30.7 Å². The van der Waals surface area contributed by atoms with Crippen LogP contribution in [0, 0.1) is 5.92 Å². The maximum absolute atomic E-state index is 12.5. The number of hydrogen-bond acceptors (Lipinski definition) is 4. The van der Waals surface area contributed by atoms with Gasteiger partial charge in [-0.15, -0.1) is 11.3 Å². The van der Waals surface area contributed by atoms with Gasteiger partial charge in [-0.3, -0.25) is 4.90 Å². The van der Waals surface area contributed by atoms with E-state index >= 15 is 0 Å². The van der Waals surface area contributed by atoms with Crippen molar-refractivity contribution in [3.8, 4) is 0 Å². The minimum atomic E-state index is 0.0546. The molecule has 0 aromatic carbocycles. The first kappa shape index (κ1) is 16.7. The predicted octanol–water partition coefficient (Wildman–Crippen LogP) is 2.56. The van der Waals surface area contributed by atoms with Crippen molar-refractivity contribution in [1.29, 1.82) is 0 Å². The lowest BCUT2D eigenvalue weighted by atomic mass is 9.88. The van der Waals surface area contributed by atoms with E-state index in [1.807, 2.05) is 23.2 Å². The van der Waals surface area contributed by atoms with Gasteiger partial charge >= 0.3 is 6.03 Å². The number of carbonyl (C=O) groups excluding carboxylic acids is 1. The van der Waals surface area contributed by atoms with Gasteiger partial charge in [-0.05, 0) is 50.7 Å². The predicted molar refractivity (Wildman–Crippen MR) is 92.8 cm³/mol. The van der Waals surface area contributed by atoms with Gasteiger partial charge in [-0.25, -0.2) is 4.79 Å². The van der Waals surface area contributed by atoms with Gasteiger partial charge in [0.1, 0.15) is 0 Å². The molecule has 2 fully saturated rings. The molecular weight excluding hydrogens is 310 g/mol. The van der Waals surface area contributed by atoms with Gasteiger partial charge in [-0.1, -0.05) is 6.07 Å². The molecule has 2 amide bonds. The number of thiophene rings is 1. The van der Waals surface area contributed by atoms with Gasteiger partial charge in [0, 0.05) is 24.0 Å². The fourth-order valence-corrected chi connectivity index (χ4v) is 4.71. The first-order valence-corrected chi connectivity index (χ1v) is 9.40. The van der Waals surface area contributed by atoms with Crippen molar-refractivity contribution in [1.82, 2.24) is 15.1 Å². The standard InChI is InChI=1S/C17H27N3O2S/c1-13-12-22-9-8-20(13)17(21)18-11-14-5-3-7-19(2)16(14)15-6-4-10-23-15/h4,6,10,13-14,16H,3,5,7-9,11-12H2,1-2H3,(H,18,21)/t13-,14+,16-/m1/s1. The minimum Gasteiger partial charge on any atom is -0.377 e. The number of ether oxygens (including phenoxy) is 1. The first-order chi connectivity index (χ1) is 11.2. The molecule has 23 heavy (non-hydrogen) atoms. The molecule has 0 spiro atoms. The minimum absolute atomic E-state index is 0.0546. The number of rotatable bonds is 3. The molecule has 2 aliphatic rings. The van der Waals surface area contributed by atoms with E-state index in [1.165, 1.54) is 17.7 Å². The Kier molecular flexibility index (Phi) is 5.56. The Hall–Kier alpha value is -1.11. The van der Waals surface area contributed by atoms with Crippen molar-refractivity contribution in [2.45, 2.75) is 31.8 Å². The summed E-state index contributed by atoms with van der Waals surface area (Å²) >= 11 is 1.82. The molecule has 5 nitrogen and oxygen atoms in total. The summed E-state index contributed by atoms with van der Waals surface area (Å²) in [5.74, 6) is 0.479. The molecular formula is C17H27N3O2S. The normalized spacial score (nSPS) is 29.5. The molecule has 0 aliphatic carbocycles. The fourth-order valence-electron chi connectivity index (χ4n) is 3.73. The van der Waals surface area contributed by atoms with Crippen molar-refractivity contribution >= 4 is 17.4 Å². The van der Waals surface area contributed by atoms with Crippen molar-refractivity contribution in [3.63, 3.8) is 0 Å². The Bertz CT molecular complexity index is 508. The van der Waals surface area contributed by atoms with Crippen molar-refractivity contribution in [2.24, 2.45) is 5.92 Å². The summed E-state index contributed by atoms with van der Waals surface area (Å²) in [5, 5.41) is 5.32. The zero-order valence-corrected chi connectivity index (χ0v) is 14.8. The van der Waals surface area contributed by atoms with E-state index in [-0.39, 0.29) is 12.1 Å². The number of piperidine rings is 1. The van der Waals surface area contributed by atoms with E-state index in [0.717, 1.165) is 13.1 Å². The second-order valence-corrected chi connectivity index (χ2v) is 7.63. The third-order valence-corrected chi connectivity index (χ3v) is 5.93. The molecule has 0 unspecified atom stereocenters. The molecule has 0 radical (unpaired) electrons. The van der Waals surface area contributed by atoms with Crippen LogP contribution in [-0.4, -0.2) is 61.8 Å². The summed E-state index contributed by atoms with van der Waals surface area (Å²) in [6.45, 7) is 5.88. The highest BCUT2D eigenvalue weighted by molar-refractivity contribution is 7.10. The number of nitrogens with one attached hydrogen (secondary N) is 1. The fraction of sp³-hybridized carbons (Fsp3) is 0.706. The van der Waals surface area contributed by atoms with Crippen LogP contribution < -0.4 is 5.32 Å². The zero-order valence-electron chi connectivity index (χ0n) is 14.0. The second-order valence-electron chi connectivity index (χ2n) is 6.65. The molecule has 1 aromatic rings. The Labute approximate surface area is 142 Å². The highest BCUT2D eigenvalue weighted by atomic mass is 32.1. The van der Waals surface area contributed by atoms with E-state index in [0.29, 0.717) is 31.7 Å². The van der Waals surface area contributed by atoms with E-state index < -0.39 is 0 Å². The van der Waals surface area contributed by atoms with Crippen molar-refractivity contribution < 1.29 is 9.53 Å². The van der Waals surface area contributed by atoms with E-state index in [1.54, 1.807) is 0 Å². The quantitative estimate of drug-likeness (QED) is 0.922. The van der Waals surface area contributed by atoms with Crippen LogP contribution in [0.5, 0.6) is 0 Å². The highest BCUT2D eigenvalue weighted by Crippen LogP contribution is 2.36. The lowest BCUT2D eigenvalue weighted by Gasteiger charge is -2.39. The van der Waals surface area contributed by atoms with Crippen LogP contribution in [0.4, 0.5) is 4.79 Å². The lowest BCUT2D eigenvalue weighted by Crippen LogP contribution is -2.52. The third kappa shape index (κ3) is 3.87. The van der Waals surface area contributed by atoms with E-state index in [9.17, 15) is 4.79 Å². The smallest absolute Gasteiger partial charge is 0.317 e. The van der Waals surface area contributed by atoms with Gasteiger partial charge in [0.2, 0.25) is 0 Å². The number of morpholine rings is 1. The molecule has 128 valence electrons. The van der Waals surface area contributed by atoms with Gasteiger partial charge in [-0.2, -0.15) is 0 Å². The molecule has 6 heteroatoms. The SMILES string of the molecule is C[C@@H]1COCCN1C(=O)NC[C@@H]1CCCN(C)[C@H]1c1cccs1. The number of nitrogens with zero attached hydrogens (tertiary/aromatic N) is 2. The van der Waals surface area contributed by atoms with Crippen LogP contribution in [0.15, 0.2) is 17.5 Å². The van der Waals surface area contributed by atoms with E-state index in [2.05, 4.69) is 34.8 Å². The first-order valence-electron chi connectivity index (χ1n) is 8.52. The molecule has 3 atom stereocenters. The van der Waals surface area contributed by atoms with E-state index in [4.69, 9.17) is 4.74 Å². The Morgan fingerprint density at radius 1 is 1.48 bits per heavy atom. The van der Waals surface area contributed by atoms with Crippen LogP contribution >= 0.6 is 11.3 Å². The maximum atomic E-state index is 12.5. The Morgan fingerprint density at radius 2 is 2.35 bits per heavy atom. The molecule has 0 bridgehead atoms. The van der Waals surface area contributed by atoms with Crippen LogP contribution in [-0.2, 0) is 4.74 Å². The molecule has 1 N–H and O–H groups in total. The number of carbonyl (C=O) groups is 1. The average molecular weight is 337 g/mol. The highest BCUT2D eigenvalue weighted by Gasteiger charge is 2.32. The van der Waals surface area contributed by atoms with Gasteiger partial charge < -0.3 is 15.0 Å². The monoisotopic (exact) mass is 337 g/mol.